The van der Waals surface area contributed by atoms with Crippen molar-refractivity contribution in [1.29, 1.82) is 0 Å². The average molecular weight is 1390 g/mol. The molecule has 3 N–H and O–H groups in total. The van der Waals surface area contributed by atoms with Crippen LogP contribution in [0.5, 0.6) is 0 Å². The van der Waals surface area contributed by atoms with Gasteiger partial charge < -0.3 is 20.3 Å². The molecule has 0 fully saturated rings. The molecule has 0 aliphatic carbocycles. The van der Waals surface area contributed by atoms with Gasteiger partial charge in [0.2, 0.25) is 5.91 Å². The van der Waals surface area contributed by atoms with Crippen LogP contribution < -0.4 is 5.32 Å². The minimum atomic E-state index is -0.845. The molecule has 0 aromatic carbocycles. The molecule has 0 spiro atoms. The van der Waals surface area contributed by atoms with E-state index in [4.69, 9.17) is 4.74 Å². The molecule has 0 aliphatic heterocycles. The Morgan fingerprint density at radius 1 is 0.283 bits per heavy atom. The third kappa shape index (κ3) is 84.6. The summed E-state index contributed by atoms with van der Waals surface area (Å²) in [5.74, 6) is -0.0389. The Hall–Kier alpha value is -2.18. The number of allylic oxidation sites excluding steroid dienone is 7. The molecule has 2 unspecified atom stereocenters. The molecule has 0 aromatic rings. The first-order valence-electron chi connectivity index (χ1n) is 45.4. The molecule has 6 heteroatoms. The van der Waals surface area contributed by atoms with Gasteiger partial charge in [-0.1, -0.05) is 454 Å². The van der Waals surface area contributed by atoms with E-state index < -0.39 is 12.1 Å². The molecule has 0 aromatic heterocycles. The lowest BCUT2D eigenvalue weighted by Gasteiger charge is -2.20. The molecule has 0 heterocycles. The van der Waals surface area contributed by atoms with E-state index in [0.717, 1.165) is 44.9 Å². The Kier molecular flexibility index (Phi) is 86.3. The van der Waals surface area contributed by atoms with Gasteiger partial charge in [0.25, 0.3) is 0 Å². The number of aliphatic hydroxyl groups is 2. The van der Waals surface area contributed by atoms with Crippen LogP contribution in [-0.2, 0) is 14.3 Å². The van der Waals surface area contributed by atoms with Gasteiger partial charge in [-0.15, -0.1) is 0 Å². The Morgan fingerprint density at radius 3 is 0.778 bits per heavy atom. The highest BCUT2D eigenvalue weighted by atomic mass is 16.5. The first kappa shape index (κ1) is 96.8. The van der Waals surface area contributed by atoms with Crippen molar-refractivity contribution in [1.82, 2.24) is 5.32 Å². The van der Waals surface area contributed by atoms with E-state index in [2.05, 4.69) is 55.6 Å². The van der Waals surface area contributed by atoms with Crippen LogP contribution in [0.3, 0.4) is 0 Å². The second-order valence-corrected chi connectivity index (χ2v) is 31.3. The third-order valence-corrected chi connectivity index (χ3v) is 21.3. The minimum Gasteiger partial charge on any atom is -0.466 e. The van der Waals surface area contributed by atoms with Gasteiger partial charge >= 0.3 is 5.97 Å². The first-order chi connectivity index (χ1) is 49.0. The summed E-state index contributed by atoms with van der Waals surface area (Å²) in [5.41, 5.74) is 0. The van der Waals surface area contributed by atoms with E-state index in [9.17, 15) is 19.8 Å². The van der Waals surface area contributed by atoms with Gasteiger partial charge in [0.05, 0.1) is 25.4 Å². The van der Waals surface area contributed by atoms with Crippen molar-refractivity contribution in [2.75, 3.05) is 13.2 Å². The van der Waals surface area contributed by atoms with Gasteiger partial charge in [0.1, 0.15) is 0 Å². The van der Waals surface area contributed by atoms with E-state index in [0.29, 0.717) is 19.4 Å². The normalized spacial score (nSPS) is 12.6. The number of aliphatic hydroxyl groups excluding tert-OH is 2. The van der Waals surface area contributed by atoms with E-state index in [1.807, 2.05) is 6.08 Å². The molecule has 0 bridgehead atoms. The van der Waals surface area contributed by atoms with Crippen molar-refractivity contribution >= 4 is 11.9 Å². The van der Waals surface area contributed by atoms with Gasteiger partial charge in [-0.25, -0.2) is 0 Å². The van der Waals surface area contributed by atoms with Crippen LogP contribution >= 0.6 is 0 Å². The largest absolute Gasteiger partial charge is 0.466 e. The van der Waals surface area contributed by atoms with E-state index >= 15 is 0 Å². The highest BCUT2D eigenvalue weighted by molar-refractivity contribution is 5.76. The van der Waals surface area contributed by atoms with Crippen LogP contribution in [0.25, 0.3) is 0 Å². The molecule has 6 nitrogen and oxygen atoms in total. The average Bonchev–Trinajstić information content (AvgIpc) is 2.01. The number of amides is 1. The zero-order valence-electron chi connectivity index (χ0n) is 67.3. The predicted molar refractivity (Wildman–Crippen MR) is 439 cm³/mol. The van der Waals surface area contributed by atoms with Crippen LogP contribution in [0.15, 0.2) is 48.6 Å². The predicted octanol–water partition coefficient (Wildman–Crippen LogP) is 30.7. The summed E-state index contributed by atoms with van der Waals surface area (Å²) < 4.78 is 5.52. The zero-order valence-corrected chi connectivity index (χ0v) is 67.3. The Bertz CT molecular complexity index is 1650. The molecule has 0 saturated heterocycles. The smallest absolute Gasteiger partial charge is 0.305 e. The maximum Gasteiger partial charge on any atom is 0.305 e. The fourth-order valence-corrected chi connectivity index (χ4v) is 14.4. The summed E-state index contributed by atoms with van der Waals surface area (Å²) in [6.45, 7) is 4.96. The van der Waals surface area contributed by atoms with Crippen molar-refractivity contribution < 1.29 is 24.5 Å². The highest BCUT2D eigenvalue weighted by Crippen LogP contribution is 2.21. The standard InChI is InChI=1S/C93H177NO5/c1-3-5-7-9-11-13-15-17-19-21-23-24-25-43-46-50-53-57-61-65-69-73-77-81-85-91(96)90(89-95)94-92(97)86-82-78-74-70-66-62-58-54-51-47-44-41-39-37-35-33-31-29-27-26-28-30-32-34-36-38-40-42-45-48-52-56-60-64-68-72-76-80-84-88-99-93(98)87-83-79-75-71-67-63-59-55-49-22-20-18-16-14-12-10-8-6-4-2/h18,20,26-27,30,32,81,85,90-91,95-96H,3-17,19,21-25,28-29,31,33-80,82-84,86-89H2,1-2H3,(H,94,97)/b20-18-,27-26-,32-30-,85-81+. The number of rotatable bonds is 86. The summed E-state index contributed by atoms with van der Waals surface area (Å²) in [7, 11) is 0. The topological polar surface area (TPSA) is 95.9 Å². The Morgan fingerprint density at radius 2 is 0.505 bits per heavy atom. The van der Waals surface area contributed by atoms with Crippen LogP contribution in [0, 0.1) is 0 Å². The molecule has 0 rings (SSSR count). The molecule has 0 saturated carbocycles. The van der Waals surface area contributed by atoms with Crippen molar-refractivity contribution in [3.8, 4) is 0 Å². The van der Waals surface area contributed by atoms with Gasteiger partial charge in [0, 0.05) is 12.8 Å². The van der Waals surface area contributed by atoms with Gasteiger partial charge in [-0.3, -0.25) is 9.59 Å². The molecule has 99 heavy (non-hydrogen) atoms. The fraction of sp³-hybridized carbons (Fsp3) is 0.892. The lowest BCUT2D eigenvalue weighted by atomic mass is 10.0. The van der Waals surface area contributed by atoms with E-state index in [1.54, 1.807) is 6.08 Å². The maximum absolute atomic E-state index is 12.6. The second-order valence-electron chi connectivity index (χ2n) is 31.3. The van der Waals surface area contributed by atoms with Crippen LogP contribution in [0.2, 0.25) is 0 Å². The van der Waals surface area contributed by atoms with Crippen molar-refractivity contribution in [2.24, 2.45) is 0 Å². The number of hydrogen-bond donors (Lipinski definition) is 3. The number of esters is 1. The molecular weight excluding hydrogens is 1210 g/mol. The van der Waals surface area contributed by atoms with Gasteiger partial charge in [-0.05, 0) is 89.9 Å². The summed E-state index contributed by atoms with van der Waals surface area (Å²) in [6.07, 6.45) is 119. The first-order valence-corrected chi connectivity index (χ1v) is 45.4. The zero-order chi connectivity index (χ0) is 71.2. The van der Waals surface area contributed by atoms with Crippen LogP contribution in [-0.4, -0.2) is 47.4 Å². The van der Waals surface area contributed by atoms with Crippen LogP contribution in [0.1, 0.15) is 508 Å². The number of carbonyl (C=O) groups excluding carboxylic acids is 2. The SMILES string of the molecule is CCCCCCCC/C=C\CCCCCCCCCCCC(=O)OCCCCCCCCCCCCCCCCC/C=C\C/C=C\CCCCCCCCCCCCCCCCCCCC(=O)NC(CO)C(O)/C=C/CCCCCCCCCCCCCCCCCCCCCCCC. The van der Waals surface area contributed by atoms with Crippen molar-refractivity contribution in [3.05, 3.63) is 48.6 Å². The van der Waals surface area contributed by atoms with Gasteiger partial charge in [0.15, 0.2) is 0 Å². The quantitative estimate of drug-likeness (QED) is 0.0320. The number of carbonyl (C=O) groups is 2. The van der Waals surface area contributed by atoms with Crippen molar-refractivity contribution in [2.45, 2.75) is 520 Å². The summed E-state index contributed by atoms with van der Waals surface area (Å²) >= 11 is 0. The lowest BCUT2D eigenvalue weighted by molar-refractivity contribution is -0.143. The minimum absolute atomic E-state index is 0.0206. The summed E-state index contributed by atoms with van der Waals surface area (Å²) in [5, 5.41) is 23.3. The van der Waals surface area contributed by atoms with Gasteiger partial charge in [-0.2, -0.15) is 0 Å². The second kappa shape index (κ2) is 88.2. The lowest BCUT2D eigenvalue weighted by Crippen LogP contribution is -2.45. The van der Waals surface area contributed by atoms with E-state index in [1.165, 1.54) is 437 Å². The summed E-state index contributed by atoms with van der Waals surface area (Å²) in [4.78, 5) is 24.7. The number of nitrogens with one attached hydrogen (secondary N) is 1. The molecular formula is C93H177NO5. The maximum atomic E-state index is 12.6. The molecule has 2 atom stereocenters. The molecule has 0 aliphatic rings. The summed E-state index contributed by atoms with van der Waals surface area (Å²) in [6, 6.07) is -0.628. The fourth-order valence-electron chi connectivity index (χ4n) is 14.4. The van der Waals surface area contributed by atoms with Crippen molar-refractivity contribution in [3.63, 3.8) is 0 Å². The molecule has 0 radical (unpaired) electrons. The monoisotopic (exact) mass is 1390 g/mol. The van der Waals surface area contributed by atoms with E-state index in [-0.39, 0.29) is 18.5 Å². The molecule has 1 amide bonds. The highest BCUT2D eigenvalue weighted by Gasteiger charge is 2.18. The number of unbranched alkanes of at least 4 members (excludes halogenated alkanes) is 69. The Labute approximate surface area is 620 Å². The van der Waals surface area contributed by atoms with Crippen LogP contribution in [0.4, 0.5) is 0 Å². The molecule has 584 valence electrons. The number of hydrogen-bond acceptors (Lipinski definition) is 5. The number of ether oxygens (including phenoxy) is 1. The Balaban J connectivity index is 3.37. The third-order valence-electron chi connectivity index (χ3n) is 21.3.